The van der Waals surface area contributed by atoms with Crippen molar-refractivity contribution < 1.29 is 14.3 Å². The molecule has 0 aromatic carbocycles. The summed E-state index contributed by atoms with van der Waals surface area (Å²) in [5.74, 6) is -0.0125. The summed E-state index contributed by atoms with van der Waals surface area (Å²) in [5.41, 5.74) is 0. The van der Waals surface area contributed by atoms with Crippen molar-refractivity contribution in [2.24, 2.45) is 5.92 Å². The average molecular weight is 232 g/mol. The molecule has 0 aromatic heterocycles. The normalized spacial score (nSPS) is 31.5. The highest BCUT2D eigenvalue weighted by Gasteiger charge is 2.34. The molecule has 1 saturated heterocycles. The van der Waals surface area contributed by atoms with Crippen LogP contribution in [0, 0.1) is 5.92 Å². The number of rotatable bonds is 2. The summed E-state index contributed by atoms with van der Waals surface area (Å²) < 4.78 is 4.89. The predicted molar refractivity (Wildman–Crippen MR) is 54.7 cm³/mol. The smallest absolute Gasteiger partial charge is 0.410 e. The number of amides is 1. The zero-order chi connectivity index (χ0) is 10.8. The van der Waals surface area contributed by atoms with Gasteiger partial charge >= 0.3 is 6.09 Å². The van der Waals surface area contributed by atoms with E-state index in [1.54, 1.807) is 4.90 Å². The standard InChI is InChI=1S/C10H14ClNO3/c11-9(13)7-1-3-8(4-2-7)12-5-6-15-10(12)14/h7-8H,1-6H2. The second kappa shape index (κ2) is 4.39. The number of carbonyl (C=O) groups is 2. The highest BCUT2D eigenvalue weighted by molar-refractivity contribution is 6.63. The third kappa shape index (κ3) is 2.25. The van der Waals surface area contributed by atoms with Gasteiger partial charge in [0, 0.05) is 12.0 Å². The molecular formula is C10H14ClNO3. The minimum Gasteiger partial charge on any atom is -0.448 e. The Hall–Kier alpha value is -0.770. The highest BCUT2D eigenvalue weighted by atomic mass is 35.5. The SMILES string of the molecule is O=C(Cl)C1CCC(N2CCOC2=O)CC1. The minimum atomic E-state index is -0.238. The van der Waals surface area contributed by atoms with E-state index in [1.165, 1.54) is 0 Å². The first-order chi connectivity index (χ1) is 7.18. The van der Waals surface area contributed by atoms with E-state index >= 15 is 0 Å². The van der Waals surface area contributed by atoms with Crippen molar-refractivity contribution in [3.8, 4) is 0 Å². The van der Waals surface area contributed by atoms with Crippen molar-refractivity contribution in [1.82, 2.24) is 4.90 Å². The maximum absolute atomic E-state index is 11.3. The summed E-state index contributed by atoms with van der Waals surface area (Å²) in [6.07, 6.45) is 3.08. The molecule has 2 rings (SSSR count). The molecule has 1 saturated carbocycles. The lowest BCUT2D eigenvalue weighted by molar-refractivity contribution is -0.116. The third-order valence-electron chi connectivity index (χ3n) is 3.25. The van der Waals surface area contributed by atoms with E-state index in [0.29, 0.717) is 13.2 Å². The molecule has 5 heteroatoms. The van der Waals surface area contributed by atoms with Crippen LogP contribution in [0.25, 0.3) is 0 Å². The molecule has 2 aliphatic rings. The Morgan fingerprint density at radius 1 is 1.33 bits per heavy atom. The van der Waals surface area contributed by atoms with Gasteiger partial charge < -0.3 is 9.64 Å². The van der Waals surface area contributed by atoms with Crippen LogP contribution in [-0.4, -0.2) is 35.4 Å². The summed E-state index contributed by atoms with van der Waals surface area (Å²) in [6, 6.07) is 0.243. The van der Waals surface area contributed by atoms with Crippen LogP contribution < -0.4 is 0 Å². The van der Waals surface area contributed by atoms with E-state index in [-0.39, 0.29) is 23.3 Å². The largest absolute Gasteiger partial charge is 0.448 e. The first kappa shape index (κ1) is 10.7. The van der Waals surface area contributed by atoms with Gasteiger partial charge in [0.05, 0.1) is 6.54 Å². The van der Waals surface area contributed by atoms with Gasteiger partial charge in [0.1, 0.15) is 6.61 Å². The molecule has 0 radical (unpaired) electrons. The Balaban J connectivity index is 1.87. The van der Waals surface area contributed by atoms with Crippen molar-refractivity contribution in [1.29, 1.82) is 0 Å². The third-order valence-corrected chi connectivity index (χ3v) is 3.56. The molecule has 0 bridgehead atoms. The van der Waals surface area contributed by atoms with Gasteiger partial charge in [0.2, 0.25) is 5.24 Å². The zero-order valence-corrected chi connectivity index (χ0v) is 9.20. The second-order valence-electron chi connectivity index (χ2n) is 4.12. The molecular weight excluding hydrogens is 218 g/mol. The van der Waals surface area contributed by atoms with Crippen LogP contribution in [0.1, 0.15) is 25.7 Å². The lowest BCUT2D eigenvalue weighted by Crippen LogP contribution is -2.39. The van der Waals surface area contributed by atoms with Gasteiger partial charge in [-0.15, -0.1) is 0 Å². The summed E-state index contributed by atoms with van der Waals surface area (Å²) in [4.78, 5) is 24.0. The fourth-order valence-corrected chi connectivity index (χ4v) is 2.57. The van der Waals surface area contributed by atoms with Crippen LogP contribution in [-0.2, 0) is 9.53 Å². The molecule has 15 heavy (non-hydrogen) atoms. The molecule has 1 heterocycles. The fourth-order valence-electron chi connectivity index (χ4n) is 2.35. The van der Waals surface area contributed by atoms with Crippen molar-refractivity contribution in [3.63, 3.8) is 0 Å². The number of ether oxygens (including phenoxy) is 1. The van der Waals surface area contributed by atoms with E-state index in [0.717, 1.165) is 25.7 Å². The lowest BCUT2D eigenvalue weighted by Gasteiger charge is -2.31. The number of carbonyl (C=O) groups excluding carboxylic acids is 2. The van der Waals surface area contributed by atoms with Crippen molar-refractivity contribution in [2.45, 2.75) is 31.7 Å². The van der Waals surface area contributed by atoms with Gasteiger partial charge in [-0.25, -0.2) is 4.79 Å². The van der Waals surface area contributed by atoms with Gasteiger partial charge in [-0.3, -0.25) is 4.79 Å². The van der Waals surface area contributed by atoms with Crippen molar-refractivity contribution >= 4 is 22.9 Å². The molecule has 4 nitrogen and oxygen atoms in total. The Morgan fingerprint density at radius 2 is 2.00 bits per heavy atom. The van der Waals surface area contributed by atoms with E-state index in [1.807, 2.05) is 0 Å². The Labute approximate surface area is 93.5 Å². The molecule has 0 aromatic rings. The Bertz CT molecular complexity index is 274. The molecule has 0 atom stereocenters. The van der Waals surface area contributed by atoms with Crippen LogP contribution >= 0.6 is 11.6 Å². The van der Waals surface area contributed by atoms with Crippen LogP contribution in [0.4, 0.5) is 4.79 Å². The van der Waals surface area contributed by atoms with Gasteiger partial charge in [0.25, 0.3) is 0 Å². The van der Waals surface area contributed by atoms with Gasteiger partial charge in [-0.2, -0.15) is 0 Å². The number of nitrogens with zero attached hydrogens (tertiary/aromatic N) is 1. The number of hydrogen-bond acceptors (Lipinski definition) is 3. The number of halogens is 1. The molecule has 2 fully saturated rings. The van der Waals surface area contributed by atoms with Gasteiger partial charge in [-0.05, 0) is 37.3 Å². The number of hydrogen-bond donors (Lipinski definition) is 0. The first-order valence-corrected chi connectivity index (χ1v) is 5.69. The second-order valence-corrected chi connectivity index (χ2v) is 4.49. The summed E-state index contributed by atoms with van der Waals surface area (Å²) in [7, 11) is 0. The van der Waals surface area contributed by atoms with Crippen molar-refractivity contribution in [2.75, 3.05) is 13.2 Å². The monoisotopic (exact) mass is 231 g/mol. The zero-order valence-electron chi connectivity index (χ0n) is 8.45. The minimum absolute atomic E-state index is 0.0125. The number of cyclic esters (lactones) is 1. The molecule has 0 spiro atoms. The quantitative estimate of drug-likeness (QED) is 0.681. The van der Waals surface area contributed by atoms with Crippen LogP contribution in [0.5, 0.6) is 0 Å². The predicted octanol–water partition coefficient (Wildman–Crippen LogP) is 1.76. The maximum Gasteiger partial charge on any atom is 0.410 e. The van der Waals surface area contributed by atoms with Gasteiger partial charge in [-0.1, -0.05) is 0 Å². The molecule has 1 aliphatic heterocycles. The average Bonchev–Trinajstić information content (AvgIpc) is 2.65. The summed E-state index contributed by atoms with van der Waals surface area (Å²) in [5, 5.41) is -0.238. The summed E-state index contributed by atoms with van der Waals surface area (Å²) >= 11 is 5.45. The Kier molecular flexibility index (Phi) is 3.14. The van der Waals surface area contributed by atoms with E-state index in [2.05, 4.69) is 0 Å². The molecule has 84 valence electrons. The first-order valence-electron chi connectivity index (χ1n) is 5.31. The molecule has 0 unspecified atom stereocenters. The van der Waals surface area contributed by atoms with E-state index in [4.69, 9.17) is 16.3 Å². The maximum atomic E-state index is 11.3. The van der Waals surface area contributed by atoms with E-state index in [9.17, 15) is 9.59 Å². The highest BCUT2D eigenvalue weighted by Crippen LogP contribution is 2.30. The van der Waals surface area contributed by atoms with E-state index < -0.39 is 0 Å². The molecule has 1 amide bonds. The van der Waals surface area contributed by atoms with Crippen molar-refractivity contribution in [3.05, 3.63) is 0 Å². The Morgan fingerprint density at radius 3 is 2.47 bits per heavy atom. The van der Waals surface area contributed by atoms with Crippen LogP contribution in [0.15, 0.2) is 0 Å². The molecule has 0 N–H and O–H groups in total. The lowest BCUT2D eigenvalue weighted by atomic mass is 9.86. The van der Waals surface area contributed by atoms with Gasteiger partial charge in [0.15, 0.2) is 0 Å². The summed E-state index contributed by atoms with van der Waals surface area (Å²) in [6.45, 7) is 1.18. The van der Waals surface area contributed by atoms with Crippen LogP contribution in [0.3, 0.4) is 0 Å². The topological polar surface area (TPSA) is 46.6 Å². The van der Waals surface area contributed by atoms with Crippen LogP contribution in [0.2, 0.25) is 0 Å². The fraction of sp³-hybridized carbons (Fsp3) is 0.800. The molecule has 1 aliphatic carbocycles.